The van der Waals surface area contributed by atoms with E-state index in [1.807, 2.05) is 0 Å². The van der Waals surface area contributed by atoms with Gasteiger partial charge in [0.1, 0.15) is 0 Å². The lowest BCUT2D eigenvalue weighted by molar-refractivity contribution is -0.468. The molecule has 5 nitrogen and oxygen atoms in total. The molecular weight excluding hydrogens is 591 g/mol. The molecule has 0 aromatic rings. The minimum Gasteiger partial charge on any atom is -0.412 e. The highest BCUT2D eigenvalue weighted by Gasteiger charge is 2.34. The molecule has 0 rings (SSSR count). The van der Waals surface area contributed by atoms with E-state index in [1.165, 1.54) is 193 Å². The molecule has 46 heavy (non-hydrogen) atoms. The van der Waals surface area contributed by atoms with Gasteiger partial charge in [-0.3, -0.25) is 4.52 Å². The summed E-state index contributed by atoms with van der Waals surface area (Å²) in [4.78, 5) is 0. The highest BCUT2D eigenvalue weighted by atomic mass is 31.0. The van der Waals surface area contributed by atoms with Crippen molar-refractivity contribution in [3.63, 3.8) is 0 Å². The summed E-state index contributed by atoms with van der Waals surface area (Å²) < 4.78 is 24.2. The van der Waals surface area contributed by atoms with E-state index in [1.54, 1.807) is 0 Å². The highest BCUT2D eigenvalue weighted by Crippen LogP contribution is 2.24. The van der Waals surface area contributed by atoms with Crippen LogP contribution in [0.3, 0.4) is 0 Å². The molecule has 0 saturated carbocycles. The topological polar surface area (TPSA) is 68.4 Å². The van der Waals surface area contributed by atoms with Crippen LogP contribution >= 0.6 is 9.47 Å². The summed E-state index contributed by atoms with van der Waals surface area (Å²) in [6.45, 7) is 8.70. The molecule has 0 aromatic carbocycles. The van der Waals surface area contributed by atoms with Crippen molar-refractivity contribution in [3.8, 4) is 0 Å². The third kappa shape index (κ3) is 35.5. The molecule has 1 unspecified atom stereocenters. The Balaban J connectivity index is 0. The van der Waals surface area contributed by atoms with Crippen molar-refractivity contribution in [2.45, 2.75) is 239 Å². The van der Waals surface area contributed by atoms with Gasteiger partial charge in [-0.2, -0.15) is 0 Å². The van der Waals surface area contributed by atoms with Gasteiger partial charge in [0.2, 0.25) is 0 Å². The van der Waals surface area contributed by atoms with Crippen LogP contribution in [0.15, 0.2) is 0 Å². The summed E-state index contributed by atoms with van der Waals surface area (Å²) in [5.74, 6) is 0. The van der Waals surface area contributed by atoms with Crippen LogP contribution in [0.1, 0.15) is 233 Å². The predicted octanol–water partition coefficient (Wildman–Crippen LogP) is 13.6. The molecule has 6 heteroatoms. The van der Waals surface area contributed by atoms with Crippen molar-refractivity contribution in [1.29, 1.82) is 0 Å². The van der Waals surface area contributed by atoms with Gasteiger partial charge < -0.3 is 19.7 Å². The average Bonchev–Trinajstić information content (AvgIpc) is 3.05. The molecule has 0 aliphatic carbocycles. The molecule has 0 amide bonds. The molecule has 0 heterocycles. The maximum atomic E-state index is 6.17. The zero-order chi connectivity index (χ0) is 32.8. The van der Waals surface area contributed by atoms with Crippen LogP contribution in [-0.4, -0.2) is 31.5 Å². The van der Waals surface area contributed by atoms with Crippen LogP contribution in [0.2, 0.25) is 0 Å². The predicted molar refractivity (Wildman–Crippen MR) is 204 cm³/mol. The Morgan fingerprint density at radius 3 is 0.652 bits per heavy atom. The first-order valence-electron chi connectivity index (χ1n) is 20.5. The Kier molecular flexibility index (Phi) is 43.5. The summed E-state index contributed by atoms with van der Waals surface area (Å²) in [7, 11) is 2.35. The first kappa shape index (κ1) is 48.3. The third-order valence-electron chi connectivity index (χ3n) is 9.22. The van der Waals surface area contributed by atoms with Gasteiger partial charge >= 0.3 is 6.16 Å². The van der Waals surface area contributed by atoms with E-state index in [2.05, 4.69) is 30.2 Å². The molecule has 0 bridgehead atoms. The van der Waals surface area contributed by atoms with Gasteiger partial charge in [0.25, 0.3) is 0 Å². The van der Waals surface area contributed by atoms with Crippen molar-refractivity contribution < 1.29 is 24.2 Å². The third-order valence-corrected chi connectivity index (χ3v) is 9.51. The fraction of sp³-hybridized carbons (Fsp3) is 1.00. The van der Waals surface area contributed by atoms with E-state index in [0.29, 0.717) is 19.8 Å². The van der Waals surface area contributed by atoms with E-state index in [0.717, 1.165) is 19.3 Å². The molecular formula is C40H85O5P. The Hall–Kier alpha value is 0.230. The van der Waals surface area contributed by atoms with E-state index in [9.17, 15) is 0 Å². The van der Waals surface area contributed by atoms with Crippen LogP contribution in [0.4, 0.5) is 0 Å². The maximum absolute atomic E-state index is 6.17. The lowest BCUT2D eigenvalue weighted by Crippen LogP contribution is -2.40. The Labute approximate surface area is 291 Å². The Morgan fingerprint density at radius 2 is 0.478 bits per heavy atom. The second-order valence-electron chi connectivity index (χ2n) is 13.8. The molecule has 2 N–H and O–H groups in total. The van der Waals surface area contributed by atoms with Crippen LogP contribution in [0.5, 0.6) is 0 Å². The van der Waals surface area contributed by atoms with Gasteiger partial charge in [-0.25, -0.2) is 0 Å². The highest BCUT2D eigenvalue weighted by molar-refractivity contribution is 7.09. The van der Waals surface area contributed by atoms with Crippen molar-refractivity contribution in [1.82, 2.24) is 0 Å². The lowest BCUT2D eigenvalue weighted by Gasteiger charge is -2.30. The minimum absolute atomic E-state index is 0. The van der Waals surface area contributed by atoms with Crippen LogP contribution in [-0.2, 0) is 18.7 Å². The van der Waals surface area contributed by atoms with Crippen molar-refractivity contribution in [2.75, 3.05) is 19.8 Å². The molecule has 0 aliphatic heterocycles. The van der Waals surface area contributed by atoms with Gasteiger partial charge in [-0.15, -0.1) is 0 Å². The molecule has 0 fully saturated rings. The smallest absolute Gasteiger partial charge is 0.412 e. The quantitative estimate of drug-likeness (QED) is 0.0368. The zero-order valence-electron chi connectivity index (χ0n) is 31.7. The molecule has 0 aliphatic rings. The zero-order valence-corrected chi connectivity index (χ0v) is 32.8. The first-order valence-corrected chi connectivity index (χ1v) is 21.0. The lowest BCUT2D eigenvalue weighted by atomic mass is 10.1. The fourth-order valence-electron chi connectivity index (χ4n) is 6.12. The molecule has 280 valence electrons. The van der Waals surface area contributed by atoms with Gasteiger partial charge in [-0.1, -0.05) is 213 Å². The van der Waals surface area contributed by atoms with Gasteiger partial charge in [-0.05, 0) is 19.3 Å². The number of hydrogen-bond acceptors (Lipinski definition) is 4. The van der Waals surface area contributed by atoms with Crippen molar-refractivity contribution in [3.05, 3.63) is 0 Å². The molecule has 0 saturated heterocycles. The van der Waals surface area contributed by atoms with Crippen molar-refractivity contribution in [2.24, 2.45) is 0 Å². The Morgan fingerprint density at radius 1 is 0.304 bits per heavy atom. The summed E-state index contributed by atoms with van der Waals surface area (Å²) in [6, 6.07) is 0. The summed E-state index contributed by atoms with van der Waals surface area (Å²) >= 11 is 0. The second-order valence-corrected chi connectivity index (χ2v) is 14.0. The maximum Gasteiger partial charge on any atom is 0.415 e. The van der Waals surface area contributed by atoms with Crippen LogP contribution < -0.4 is 0 Å². The average molecular weight is 677 g/mol. The largest absolute Gasteiger partial charge is 0.415 e. The molecule has 0 spiro atoms. The van der Waals surface area contributed by atoms with E-state index < -0.39 is 6.16 Å². The number of ether oxygens (including phenoxy) is 3. The normalized spacial score (nSPS) is 11.7. The van der Waals surface area contributed by atoms with Crippen LogP contribution in [0, 0.1) is 0 Å². The van der Waals surface area contributed by atoms with Crippen LogP contribution in [0.25, 0.3) is 0 Å². The number of rotatable bonds is 40. The number of unbranched alkanes of at least 4 members (excludes halogenated alkanes) is 30. The van der Waals surface area contributed by atoms with E-state index >= 15 is 0 Å². The second kappa shape index (κ2) is 41.4. The SMILES string of the molecule is CCCCCCCCCCCCCOC(OP)(OCCCCCCCCCCCCC)OCCCCCCCCCCCCC.O. The van der Waals surface area contributed by atoms with E-state index in [4.69, 9.17) is 18.7 Å². The van der Waals surface area contributed by atoms with Gasteiger partial charge in [0.05, 0.1) is 19.8 Å². The molecule has 1 atom stereocenters. The van der Waals surface area contributed by atoms with Gasteiger partial charge in [0.15, 0.2) is 0 Å². The molecule has 0 aromatic heterocycles. The number of hydrogen-bond donors (Lipinski definition) is 0. The summed E-state index contributed by atoms with van der Waals surface area (Å²) in [6.07, 6.45) is 42.3. The van der Waals surface area contributed by atoms with Crippen molar-refractivity contribution >= 4 is 9.47 Å². The first-order chi connectivity index (χ1) is 22.2. The van der Waals surface area contributed by atoms with Gasteiger partial charge in [0, 0.05) is 9.47 Å². The summed E-state index contributed by atoms with van der Waals surface area (Å²) in [5.41, 5.74) is 0. The minimum atomic E-state index is -1.37. The summed E-state index contributed by atoms with van der Waals surface area (Å²) in [5, 5.41) is 0. The standard InChI is InChI=1S/C40H83O4P.H2O/c1-4-7-10-13-16-19-22-25-28-31-34-37-41-40(44-45,42-38-35-32-29-26-23-20-17-14-11-8-5-2)43-39-36-33-30-27-24-21-18-15-12-9-6-3;/h4-39,45H2,1-3H3;1H2. The van der Waals surface area contributed by atoms with E-state index in [-0.39, 0.29) is 5.48 Å². The monoisotopic (exact) mass is 677 g/mol. The fourth-order valence-corrected chi connectivity index (χ4v) is 6.32. The Bertz CT molecular complexity index is 466. The molecule has 0 radical (unpaired) electrons.